The number of halogens is 1. The van der Waals surface area contributed by atoms with E-state index < -0.39 is 0 Å². The van der Waals surface area contributed by atoms with E-state index in [1.165, 1.54) is 32.1 Å². The minimum absolute atomic E-state index is 0.279. The summed E-state index contributed by atoms with van der Waals surface area (Å²) in [6.45, 7) is 2.26. The summed E-state index contributed by atoms with van der Waals surface area (Å²) in [6, 6.07) is 0.385. The number of carbonyl (C=O) groups excluding carboxylic acids is 1. The standard InChI is InChI=1S/C17H30ClNO/c1-2-3-4-13-5-7-14(8-6-13)17(20)19-16-11-9-15(18)10-12-16/h13-16H,2-12H2,1H3,(H,19,20). The van der Waals surface area contributed by atoms with Crippen molar-refractivity contribution in [1.29, 1.82) is 0 Å². The van der Waals surface area contributed by atoms with Gasteiger partial charge in [0.15, 0.2) is 0 Å². The summed E-state index contributed by atoms with van der Waals surface area (Å²) in [6.07, 6.45) is 13.0. The van der Waals surface area contributed by atoms with Gasteiger partial charge < -0.3 is 5.32 Å². The maximum atomic E-state index is 12.3. The van der Waals surface area contributed by atoms with Gasteiger partial charge in [-0.25, -0.2) is 0 Å². The van der Waals surface area contributed by atoms with Crippen molar-refractivity contribution < 1.29 is 4.79 Å². The molecule has 0 unspecified atom stereocenters. The highest BCUT2D eigenvalue weighted by atomic mass is 35.5. The molecule has 2 saturated carbocycles. The molecule has 1 amide bonds. The fourth-order valence-electron chi connectivity index (χ4n) is 3.72. The first kappa shape index (κ1) is 16.1. The van der Waals surface area contributed by atoms with Crippen molar-refractivity contribution in [3.63, 3.8) is 0 Å². The van der Waals surface area contributed by atoms with Crippen molar-refractivity contribution >= 4 is 17.5 Å². The first-order valence-electron chi connectivity index (χ1n) is 8.63. The number of carbonyl (C=O) groups is 1. The Morgan fingerprint density at radius 2 is 1.70 bits per heavy atom. The number of nitrogens with one attached hydrogen (secondary N) is 1. The lowest BCUT2D eigenvalue weighted by Gasteiger charge is -2.31. The lowest BCUT2D eigenvalue weighted by Crippen LogP contribution is -2.42. The smallest absolute Gasteiger partial charge is 0.223 e. The molecule has 2 fully saturated rings. The average molecular weight is 300 g/mol. The molecule has 0 aromatic heterocycles. The largest absolute Gasteiger partial charge is 0.353 e. The van der Waals surface area contributed by atoms with Gasteiger partial charge in [-0.15, -0.1) is 11.6 Å². The molecular formula is C17H30ClNO. The van der Waals surface area contributed by atoms with Crippen LogP contribution in [0.1, 0.15) is 77.6 Å². The Hall–Kier alpha value is -0.240. The van der Waals surface area contributed by atoms with Crippen molar-refractivity contribution in [2.45, 2.75) is 89.0 Å². The molecule has 2 rings (SSSR count). The van der Waals surface area contributed by atoms with E-state index in [9.17, 15) is 4.79 Å². The van der Waals surface area contributed by atoms with Crippen molar-refractivity contribution in [3.8, 4) is 0 Å². The fourth-order valence-corrected chi connectivity index (χ4v) is 3.97. The van der Waals surface area contributed by atoms with E-state index in [1.807, 2.05) is 0 Å². The van der Waals surface area contributed by atoms with Crippen molar-refractivity contribution in [2.24, 2.45) is 11.8 Å². The molecule has 0 spiro atoms. The molecule has 2 aliphatic carbocycles. The molecule has 1 N–H and O–H groups in total. The normalized spacial score (nSPS) is 34.7. The highest BCUT2D eigenvalue weighted by Gasteiger charge is 2.28. The second-order valence-electron chi connectivity index (χ2n) is 6.82. The molecule has 0 bridgehead atoms. The Morgan fingerprint density at radius 3 is 2.30 bits per heavy atom. The summed E-state index contributed by atoms with van der Waals surface area (Å²) in [5.41, 5.74) is 0. The Morgan fingerprint density at radius 1 is 1.05 bits per heavy atom. The van der Waals surface area contributed by atoms with Gasteiger partial charge in [-0.05, 0) is 57.3 Å². The summed E-state index contributed by atoms with van der Waals surface area (Å²) < 4.78 is 0. The second kappa shape index (κ2) is 8.26. The maximum absolute atomic E-state index is 12.3. The zero-order valence-corrected chi connectivity index (χ0v) is 13.6. The van der Waals surface area contributed by atoms with Crippen LogP contribution in [0.25, 0.3) is 0 Å². The predicted molar refractivity (Wildman–Crippen MR) is 85.0 cm³/mol. The summed E-state index contributed by atoms with van der Waals surface area (Å²) in [7, 11) is 0. The lowest BCUT2D eigenvalue weighted by molar-refractivity contribution is -0.127. The third kappa shape index (κ3) is 4.95. The molecule has 2 aliphatic rings. The Balaban J connectivity index is 1.66. The van der Waals surface area contributed by atoms with Crippen LogP contribution in [0, 0.1) is 11.8 Å². The summed E-state index contributed by atoms with van der Waals surface area (Å²) in [5.74, 6) is 1.48. The van der Waals surface area contributed by atoms with Crippen molar-refractivity contribution in [1.82, 2.24) is 5.32 Å². The first-order valence-corrected chi connectivity index (χ1v) is 9.07. The summed E-state index contributed by atoms with van der Waals surface area (Å²) >= 11 is 6.11. The van der Waals surface area contributed by atoms with E-state index in [0.717, 1.165) is 44.4 Å². The van der Waals surface area contributed by atoms with Crippen molar-refractivity contribution in [3.05, 3.63) is 0 Å². The fraction of sp³-hybridized carbons (Fsp3) is 0.941. The van der Waals surface area contributed by atoms with Crippen LogP contribution in [-0.2, 0) is 4.79 Å². The van der Waals surface area contributed by atoms with E-state index in [2.05, 4.69) is 12.2 Å². The first-order chi connectivity index (χ1) is 9.69. The molecule has 2 nitrogen and oxygen atoms in total. The number of rotatable bonds is 5. The van der Waals surface area contributed by atoms with Gasteiger partial charge >= 0.3 is 0 Å². The van der Waals surface area contributed by atoms with Gasteiger partial charge in [-0.3, -0.25) is 4.79 Å². The van der Waals surface area contributed by atoms with Crippen LogP contribution in [-0.4, -0.2) is 17.3 Å². The number of alkyl halides is 1. The molecule has 0 saturated heterocycles. The van der Waals surface area contributed by atoms with E-state index in [1.54, 1.807) is 0 Å². The van der Waals surface area contributed by atoms with Crippen LogP contribution < -0.4 is 5.32 Å². The van der Waals surface area contributed by atoms with E-state index >= 15 is 0 Å². The molecule has 20 heavy (non-hydrogen) atoms. The molecule has 0 atom stereocenters. The van der Waals surface area contributed by atoms with Gasteiger partial charge in [0.2, 0.25) is 5.91 Å². The van der Waals surface area contributed by atoms with Gasteiger partial charge in [-0.2, -0.15) is 0 Å². The van der Waals surface area contributed by atoms with E-state index in [4.69, 9.17) is 11.6 Å². The summed E-state index contributed by atoms with van der Waals surface area (Å²) in [5, 5.41) is 3.60. The molecule has 116 valence electrons. The van der Waals surface area contributed by atoms with Crippen LogP contribution >= 0.6 is 11.6 Å². The van der Waals surface area contributed by atoms with Crippen LogP contribution in [0.5, 0.6) is 0 Å². The van der Waals surface area contributed by atoms with Crippen LogP contribution in [0.3, 0.4) is 0 Å². The molecule has 3 heteroatoms. The van der Waals surface area contributed by atoms with Crippen LogP contribution in [0.4, 0.5) is 0 Å². The lowest BCUT2D eigenvalue weighted by atomic mass is 9.79. The zero-order chi connectivity index (χ0) is 14.4. The second-order valence-corrected chi connectivity index (χ2v) is 7.43. The maximum Gasteiger partial charge on any atom is 0.223 e. The topological polar surface area (TPSA) is 29.1 Å². The third-order valence-electron chi connectivity index (χ3n) is 5.19. The summed E-state index contributed by atoms with van der Waals surface area (Å²) in [4.78, 5) is 12.3. The molecular weight excluding hydrogens is 270 g/mol. The van der Waals surface area contributed by atoms with Crippen LogP contribution in [0.15, 0.2) is 0 Å². The van der Waals surface area contributed by atoms with Gasteiger partial charge in [-0.1, -0.05) is 26.2 Å². The number of hydrogen-bond acceptors (Lipinski definition) is 1. The zero-order valence-electron chi connectivity index (χ0n) is 12.9. The molecule has 0 aromatic carbocycles. The van der Waals surface area contributed by atoms with Crippen molar-refractivity contribution in [2.75, 3.05) is 0 Å². The van der Waals surface area contributed by atoms with Gasteiger partial charge in [0.05, 0.1) is 0 Å². The van der Waals surface area contributed by atoms with Gasteiger partial charge in [0.25, 0.3) is 0 Å². The predicted octanol–water partition coefficient (Wildman–Crippen LogP) is 4.65. The van der Waals surface area contributed by atoms with E-state index in [-0.39, 0.29) is 5.92 Å². The number of unbranched alkanes of at least 4 members (excludes halogenated alkanes) is 1. The molecule has 0 heterocycles. The van der Waals surface area contributed by atoms with Gasteiger partial charge in [0.1, 0.15) is 0 Å². The Bertz CT molecular complexity index is 291. The Kier molecular flexibility index (Phi) is 6.67. The quantitative estimate of drug-likeness (QED) is 0.736. The third-order valence-corrected chi connectivity index (χ3v) is 5.62. The SMILES string of the molecule is CCCCC1CCC(C(=O)NC2CCC(Cl)CC2)CC1. The molecule has 0 aliphatic heterocycles. The Labute approximate surface area is 129 Å². The van der Waals surface area contributed by atoms with Gasteiger partial charge in [0, 0.05) is 17.3 Å². The monoisotopic (exact) mass is 299 g/mol. The molecule has 0 aromatic rings. The average Bonchev–Trinajstić information content (AvgIpc) is 2.48. The minimum atomic E-state index is 0.279. The highest BCUT2D eigenvalue weighted by molar-refractivity contribution is 6.20. The van der Waals surface area contributed by atoms with E-state index in [0.29, 0.717) is 17.3 Å². The highest BCUT2D eigenvalue weighted by Crippen LogP contribution is 2.32. The minimum Gasteiger partial charge on any atom is -0.353 e. The number of amides is 1. The number of hydrogen-bond donors (Lipinski definition) is 1. The van der Waals surface area contributed by atoms with Crippen LogP contribution in [0.2, 0.25) is 0 Å². The molecule has 0 radical (unpaired) electrons.